The number of carbonyl (C=O) groups excluding carboxylic acids is 2. The Labute approximate surface area is 134 Å². The summed E-state index contributed by atoms with van der Waals surface area (Å²) in [5.74, 6) is -0.394. The van der Waals surface area contributed by atoms with Crippen LogP contribution in [0.25, 0.3) is 0 Å². The van der Waals surface area contributed by atoms with Gasteiger partial charge in [0, 0.05) is 24.6 Å². The van der Waals surface area contributed by atoms with E-state index in [1.165, 1.54) is 6.08 Å². The highest BCUT2D eigenvalue weighted by Gasteiger charge is 2.30. The van der Waals surface area contributed by atoms with E-state index in [4.69, 9.17) is 16.3 Å². The van der Waals surface area contributed by atoms with Crippen molar-refractivity contribution in [1.29, 1.82) is 0 Å². The number of halogens is 1. The molecule has 0 radical (unpaired) electrons. The van der Waals surface area contributed by atoms with Crippen LogP contribution in [0.2, 0.25) is 5.02 Å². The second-order valence-corrected chi connectivity index (χ2v) is 5.49. The molecule has 1 aromatic rings. The summed E-state index contributed by atoms with van der Waals surface area (Å²) < 4.78 is 5.71. The maximum Gasteiger partial charge on any atom is 0.243 e. The third kappa shape index (κ3) is 4.58. The normalized spacial score (nSPS) is 20.4. The Hall–Kier alpha value is -1.85. The maximum atomic E-state index is 11.9. The molecular weight excluding hydrogens is 304 g/mol. The Kier molecular flexibility index (Phi) is 5.98. The molecule has 6 heteroatoms. The van der Waals surface area contributed by atoms with Crippen molar-refractivity contribution >= 4 is 23.4 Å². The van der Waals surface area contributed by atoms with Crippen LogP contribution in [0.1, 0.15) is 24.5 Å². The molecule has 1 aliphatic rings. The standard InChI is InChI=1S/C16H19ClN2O3/c1-2-14(20)18-9-7-15(21)19-13-8-10-22-16(13)11-3-5-12(17)6-4-11/h2-6,13,16H,1,7-10H2,(H,18,20)(H,19,21)/t13-,16+/m1/s1. The molecule has 1 heterocycles. The Balaban J connectivity index is 1.85. The molecular formula is C16H19ClN2O3. The molecule has 1 saturated heterocycles. The van der Waals surface area contributed by atoms with Crippen LogP contribution in [0.5, 0.6) is 0 Å². The topological polar surface area (TPSA) is 67.4 Å². The van der Waals surface area contributed by atoms with E-state index in [1.807, 2.05) is 24.3 Å². The molecule has 1 fully saturated rings. The van der Waals surface area contributed by atoms with Gasteiger partial charge in [-0.05, 0) is 30.2 Å². The summed E-state index contributed by atoms with van der Waals surface area (Å²) in [4.78, 5) is 22.9. The number of rotatable bonds is 6. The van der Waals surface area contributed by atoms with Gasteiger partial charge in [0.05, 0.1) is 6.04 Å². The van der Waals surface area contributed by atoms with E-state index in [0.717, 1.165) is 12.0 Å². The molecule has 0 saturated carbocycles. The number of benzene rings is 1. The fourth-order valence-electron chi connectivity index (χ4n) is 2.37. The Morgan fingerprint density at radius 3 is 2.77 bits per heavy atom. The highest BCUT2D eigenvalue weighted by atomic mass is 35.5. The zero-order chi connectivity index (χ0) is 15.9. The van der Waals surface area contributed by atoms with E-state index in [9.17, 15) is 9.59 Å². The summed E-state index contributed by atoms with van der Waals surface area (Å²) in [6, 6.07) is 7.36. The molecule has 118 valence electrons. The van der Waals surface area contributed by atoms with Gasteiger partial charge in [-0.15, -0.1) is 0 Å². The molecule has 5 nitrogen and oxygen atoms in total. The summed E-state index contributed by atoms with van der Waals surface area (Å²) in [5.41, 5.74) is 0.993. The molecule has 0 unspecified atom stereocenters. The van der Waals surface area contributed by atoms with Gasteiger partial charge >= 0.3 is 0 Å². The average Bonchev–Trinajstić information content (AvgIpc) is 2.96. The lowest BCUT2D eigenvalue weighted by Gasteiger charge is -2.20. The molecule has 2 N–H and O–H groups in total. The van der Waals surface area contributed by atoms with Gasteiger partial charge < -0.3 is 15.4 Å². The number of nitrogens with one attached hydrogen (secondary N) is 2. The lowest BCUT2D eigenvalue weighted by Crippen LogP contribution is -2.38. The molecule has 0 bridgehead atoms. The first kappa shape index (κ1) is 16.5. The van der Waals surface area contributed by atoms with Crippen LogP contribution >= 0.6 is 11.6 Å². The Morgan fingerprint density at radius 2 is 2.09 bits per heavy atom. The van der Waals surface area contributed by atoms with Crippen molar-refractivity contribution in [3.05, 3.63) is 47.5 Å². The zero-order valence-electron chi connectivity index (χ0n) is 12.2. The second-order valence-electron chi connectivity index (χ2n) is 5.05. The Bertz CT molecular complexity index is 545. The molecule has 2 amide bonds. The summed E-state index contributed by atoms with van der Waals surface area (Å²) in [5, 5.41) is 6.20. The third-order valence-corrected chi connectivity index (χ3v) is 3.73. The monoisotopic (exact) mass is 322 g/mol. The molecule has 1 aliphatic heterocycles. The van der Waals surface area contributed by atoms with Gasteiger partial charge in [-0.3, -0.25) is 9.59 Å². The van der Waals surface area contributed by atoms with Crippen LogP contribution < -0.4 is 10.6 Å². The highest BCUT2D eigenvalue weighted by molar-refractivity contribution is 6.30. The molecule has 0 aromatic heterocycles. The van der Waals surface area contributed by atoms with E-state index in [2.05, 4.69) is 17.2 Å². The summed E-state index contributed by atoms with van der Waals surface area (Å²) in [7, 11) is 0. The van der Waals surface area contributed by atoms with Crippen molar-refractivity contribution in [2.75, 3.05) is 13.2 Å². The first-order valence-electron chi connectivity index (χ1n) is 7.17. The Morgan fingerprint density at radius 1 is 1.36 bits per heavy atom. The average molecular weight is 323 g/mol. The quantitative estimate of drug-likeness (QED) is 0.787. The van der Waals surface area contributed by atoms with Crippen molar-refractivity contribution < 1.29 is 14.3 Å². The summed E-state index contributed by atoms with van der Waals surface area (Å²) in [6.45, 7) is 4.24. The summed E-state index contributed by atoms with van der Waals surface area (Å²) >= 11 is 5.88. The molecule has 0 spiro atoms. The van der Waals surface area contributed by atoms with Crippen molar-refractivity contribution in [2.24, 2.45) is 0 Å². The molecule has 0 aliphatic carbocycles. The zero-order valence-corrected chi connectivity index (χ0v) is 12.9. The molecule has 2 atom stereocenters. The maximum absolute atomic E-state index is 11.9. The van der Waals surface area contributed by atoms with Gasteiger partial charge in [0.15, 0.2) is 0 Å². The van der Waals surface area contributed by atoms with E-state index >= 15 is 0 Å². The fourth-order valence-corrected chi connectivity index (χ4v) is 2.49. The molecule has 2 rings (SSSR count). The number of hydrogen-bond donors (Lipinski definition) is 2. The van der Waals surface area contributed by atoms with Crippen LogP contribution in [0, 0.1) is 0 Å². The highest BCUT2D eigenvalue weighted by Crippen LogP contribution is 2.29. The largest absolute Gasteiger partial charge is 0.371 e. The minimum atomic E-state index is -0.281. The number of hydrogen-bond acceptors (Lipinski definition) is 3. The van der Waals surface area contributed by atoms with Gasteiger partial charge in [0.2, 0.25) is 11.8 Å². The van der Waals surface area contributed by atoms with E-state index in [0.29, 0.717) is 11.6 Å². The van der Waals surface area contributed by atoms with Crippen molar-refractivity contribution in [3.8, 4) is 0 Å². The van der Waals surface area contributed by atoms with E-state index < -0.39 is 0 Å². The smallest absolute Gasteiger partial charge is 0.243 e. The third-order valence-electron chi connectivity index (χ3n) is 3.47. The predicted octanol–water partition coefficient (Wildman–Crippen LogP) is 1.98. The van der Waals surface area contributed by atoms with Crippen LogP contribution in [-0.2, 0) is 14.3 Å². The molecule has 22 heavy (non-hydrogen) atoms. The van der Waals surface area contributed by atoms with Crippen molar-refractivity contribution in [1.82, 2.24) is 10.6 Å². The first-order valence-corrected chi connectivity index (χ1v) is 7.54. The van der Waals surface area contributed by atoms with E-state index in [1.54, 1.807) is 0 Å². The van der Waals surface area contributed by atoms with Crippen LogP contribution in [0.15, 0.2) is 36.9 Å². The van der Waals surface area contributed by atoms with Crippen molar-refractivity contribution in [2.45, 2.75) is 25.0 Å². The number of amides is 2. The van der Waals surface area contributed by atoms with Crippen molar-refractivity contribution in [3.63, 3.8) is 0 Å². The SMILES string of the molecule is C=CC(=O)NCCC(=O)N[C@@H]1CCO[C@H]1c1ccc(Cl)cc1. The van der Waals surface area contributed by atoms with Gasteiger partial charge in [0.1, 0.15) is 6.10 Å². The predicted molar refractivity (Wildman–Crippen MR) is 84.5 cm³/mol. The fraction of sp³-hybridized carbons (Fsp3) is 0.375. The van der Waals surface area contributed by atoms with Gasteiger partial charge in [-0.25, -0.2) is 0 Å². The number of carbonyl (C=O) groups is 2. The first-order chi connectivity index (χ1) is 10.6. The lowest BCUT2D eigenvalue weighted by atomic mass is 10.0. The van der Waals surface area contributed by atoms with Crippen LogP contribution in [-0.4, -0.2) is 31.0 Å². The second kappa shape index (κ2) is 7.96. The van der Waals surface area contributed by atoms with E-state index in [-0.39, 0.29) is 36.9 Å². The number of ether oxygens (including phenoxy) is 1. The van der Waals surface area contributed by atoms with Crippen LogP contribution in [0.4, 0.5) is 0 Å². The van der Waals surface area contributed by atoms with Gasteiger partial charge in [0.25, 0.3) is 0 Å². The minimum absolute atomic E-state index is 0.0659. The summed E-state index contributed by atoms with van der Waals surface area (Å²) in [6.07, 6.45) is 2.00. The minimum Gasteiger partial charge on any atom is -0.371 e. The lowest BCUT2D eigenvalue weighted by molar-refractivity contribution is -0.122. The van der Waals surface area contributed by atoms with Gasteiger partial charge in [-0.1, -0.05) is 30.3 Å². The van der Waals surface area contributed by atoms with Crippen LogP contribution in [0.3, 0.4) is 0 Å². The van der Waals surface area contributed by atoms with Gasteiger partial charge in [-0.2, -0.15) is 0 Å². The molecule has 1 aromatic carbocycles.